The monoisotopic (exact) mass is 423 g/mol. The Bertz CT molecular complexity index is 800. The maximum Gasteiger partial charge on any atom is 0.333 e. The Balaban J connectivity index is 3.03. The third kappa shape index (κ3) is 6.86. The fourth-order valence-corrected chi connectivity index (χ4v) is 4.93. The fraction of sp³-hybridized carbons (Fsp3) is 0.571. The largest absolute Gasteiger partial charge is 0.469 e. The van der Waals surface area contributed by atoms with Crippen LogP contribution in [0, 0.1) is 13.5 Å². The predicted molar refractivity (Wildman–Crippen MR) is 109 cm³/mol. The molecule has 0 atom stereocenters. The van der Waals surface area contributed by atoms with E-state index >= 15 is 0 Å². The minimum atomic E-state index is -3.93. The molecule has 0 fully saturated rings. The lowest BCUT2D eigenvalue weighted by Crippen LogP contribution is -2.35. The third-order valence-corrected chi connectivity index (χ3v) is 7.28. The first-order valence-electron chi connectivity index (χ1n) is 9.56. The molecule has 0 saturated heterocycles. The van der Waals surface area contributed by atoms with Gasteiger partial charge in [-0.1, -0.05) is 17.7 Å². The molecule has 0 amide bonds. The van der Waals surface area contributed by atoms with Crippen molar-refractivity contribution in [3.05, 3.63) is 41.2 Å². The molecule has 0 aliphatic carbocycles. The minimum absolute atomic E-state index is 0.111. The summed E-state index contributed by atoms with van der Waals surface area (Å²) in [7, 11) is -1.33. The van der Waals surface area contributed by atoms with Crippen LogP contribution in [0.3, 0.4) is 0 Å². The molecule has 0 N–H and O–H groups in total. The molecule has 1 aromatic carbocycles. The van der Waals surface area contributed by atoms with E-state index in [4.69, 9.17) is 6.57 Å². The molecule has 29 heavy (non-hydrogen) atoms. The molecule has 0 heterocycles. The highest BCUT2D eigenvalue weighted by Gasteiger charge is 2.50. The van der Waals surface area contributed by atoms with Gasteiger partial charge in [0.25, 0.3) is 9.84 Å². The first kappa shape index (κ1) is 24.6. The summed E-state index contributed by atoms with van der Waals surface area (Å²) >= 11 is 0. The van der Waals surface area contributed by atoms with Gasteiger partial charge in [-0.25, -0.2) is 15.0 Å². The molecule has 1 rings (SSSR count). The molecule has 0 saturated carbocycles. The number of carbonyl (C=O) groups is 2. The van der Waals surface area contributed by atoms with Crippen molar-refractivity contribution >= 4 is 21.8 Å². The zero-order chi connectivity index (χ0) is 21.9. The number of ether oxygens (including phenoxy) is 2. The number of hydrogen-bond acceptors (Lipinski definition) is 6. The second kappa shape index (κ2) is 11.6. The van der Waals surface area contributed by atoms with Crippen molar-refractivity contribution in [1.82, 2.24) is 0 Å². The maximum atomic E-state index is 13.4. The molecule has 0 aliphatic heterocycles. The van der Waals surface area contributed by atoms with E-state index in [2.05, 4.69) is 14.3 Å². The zero-order valence-corrected chi connectivity index (χ0v) is 18.1. The molecule has 0 radical (unpaired) electrons. The van der Waals surface area contributed by atoms with Crippen molar-refractivity contribution in [3.63, 3.8) is 0 Å². The van der Waals surface area contributed by atoms with Crippen LogP contribution in [0.4, 0.5) is 0 Å². The molecule has 1 aromatic rings. The van der Waals surface area contributed by atoms with E-state index in [1.807, 2.05) is 6.92 Å². The fourth-order valence-electron chi connectivity index (χ4n) is 3.05. The highest BCUT2D eigenvalue weighted by atomic mass is 32.2. The molecule has 8 heteroatoms. The van der Waals surface area contributed by atoms with Gasteiger partial charge in [0.2, 0.25) is 0 Å². The van der Waals surface area contributed by atoms with Crippen LogP contribution in [0.5, 0.6) is 0 Å². The second-order valence-corrected chi connectivity index (χ2v) is 9.18. The topological polar surface area (TPSA) is 91.1 Å². The van der Waals surface area contributed by atoms with Gasteiger partial charge in [0, 0.05) is 25.7 Å². The normalized spacial score (nSPS) is 11.5. The van der Waals surface area contributed by atoms with Gasteiger partial charge in [0.15, 0.2) is 0 Å². The Labute approximate surface area is 173 Å². The Morgan fingerprint density at radius 1 is 0.931 bits per heavy atom. The van der Waals surface area contributed by atoms with Crippen LogP contribution >= 0.6 is 0 Å². The number of methoxy groups -OCH3 is 2. The summed E-state index contributed by atoms with van der Waals surface area (Å²) in [5.41, 5.74) is 0.925. The van der Waals surface area contributed by atoms with Crippen molar-refractivity contribution in [2.45, 2.75) is 68.1 Å². The quantitative estimate of drug-likeness (QED) is 0.288. The maximum absolute atomic E-state index is 13.4. The summed E-state index contributed by atoms with van der Waals surface area (Å²) in [6.07, 6.45) is 2.27. The number of sulfone groups is 1. The average Bonchev–Trinajstić information content (AvgIpc) is 2.72. The van der Waals surface area contributed by atoms with E-state index in [0.29, 0.717) is 25.7 Å². The number of rotatable bonds is 12. The summed E-state index contributed by atoms with van der Waals surface area (Å²) in [4.78, 5) is 24.7. The lowest BCUT2D eigenvalue weighted by Gasteiger charge is -2.22. The Hall–Kier alpha value is -2.40. The molecule has 160 valence electrons. The van der Waals surface area contributed by atoms with Crippen LogP contribution in [0.1, 0.15) is 56.9 Å². The SMILES string of the molecule is [C-]#[N+]C(CCCCC(=O)OC)(CCCCC(=O)OC)S(=O)(=O)c1ccc(C)cc1. The molecule has 0 aliphatic rings. The van der Waals surface area contributed by atoms with Crippen LogP contribution in [-0.4, -0.2) is 39.4 Å². The van der Waals surface area contributed by atoms with E-state index in [1.165, 1.54) is 26.4 Å². The van der Waals surface area contributed by atoms with Crippen molar-refractivity contribution in [2.75, 3.05) is 14.2 Å². The van der Waals surface area contributed by atoms with E-state index in [9.17, 15) is 18.0 Å². The van der Waals surface area contributed by atoms with Gasteiger partial charge in [-0.3, -0.25) is 14.4 Å². The van der Waals surface area contributed by atoms with Crippen LogP contribution < -0.4 is 0 Å². The molecule has 0 bridgehead atoms. The van der Waals surface area contributed by atoms with Crippen molar-refractivity contribution in [2.24, 2.45) is 0 Å². The highest BCUT2D eigenvalue weighted by Crippen LogP contribution is 2.37. The molecule has 0 spiro atoms. The molecular weight excluding hydrogens is 394 g/mol. The number of benzene rings is 1. The Morgan fingerprint density at radius 2 is 1.38 bits per heavy atom. The van der Waals surface area contributed by atoms with Crippen molar-refractivity contribution < 1.29 is 27.5 Å². The van der Waals surface area contributed by atoms with Gasteiger partial charge in [0.05, 0.1) is 19.1 Å². The minimum Gasteiger partial charge on any atom is -0.469 e. The van der Waals surface area contributed by atoms with Crippen LogP contribution in [-0.2, 0) is 28.9 Å². The molecule has 7 nitrogen and oxygen atoms in total. The van der Waals surface area contributed by atoms with Crippen LogP contribution in [0.25, 0.3) is 4.85 Å². The highest BCUT2D eigenvalue weighted by molar-refractivity contribution is 7.93. The van der Waals surface area contributed by atoms with Gasteiger partial charge in [-0.2, -0.15) is 0 Å². The number of hydrogen-bond donors (Lipinski definition) is 0. The summed E-state index contributed by atoms with van der Waals surface area (Å²) in [5.74, 6) is -0.726. The second-order valence-electron chi connectivity index (χ2n) is 6.94. The number of unbranched alkanes of at least 4 members (excludes halogenated alkanes) is 2. The average molecular weight is 424 g/mol. The first-order valence-corrected chi connectivity index (χ1v) is 11.0. The summed E-state index contributed by atoms with van der Waals surface area (Å²) in [5, 5.41) is 0. The van der Waals surface area contributed by atoms with Crippen LogP contribution in [0.15, 0.2) is 29.2 Å². The molecule has 0 aromatic heterocycles. The molecule has 0 unspecified atom stereocenters. The van der Waals surface area contributed by atoms with E-state index in [-0.39, 0.29) is 42.5 Å². The third-order valence-electron chi connectivity index (χ3n) is 4.89. The number of carbonyl (C=O) groups excluding carboxylic acids is 2. The lowest BCUT2D eigenvalue weighted by molar-refractivity contribution is -0.141. The standard InChI is InChI=1S/C21H29NO6S/c1-17-11-13-18(14-12-17)29(25,26)21(22-2,15-7-5-9-19(23)27-3)16-8-6-10-20(24)28-4/h11-14H,5-10,15-16H2,1,3-4H3. The smallest absolute Gasteiger partial charge is 0.333 e. The van der Waals surface area contributed by atoms with E-state index in [0.717, 1.165) is 5.56 Å². The lowest BCUT2D eigenvalue weighted by atomic mass is 10.0. The van der Waals surface area contributed by atoms with Gasteiger partial charge in [0.1, 0.15) is 0 Å². The van der Waals surface area contributed by atoms with E-state index in [1.54, 1.807) is 12.1 Å². The van der Waals surface area contributed by atoms with Crippen LogP contribution in [0.2, 0.25) is 0 Å². The number of nitrogens with zero attached hydrogens (tertiary/aromatic N) is 1. The van der Waals surface area contributed by atoms with Crippen molar-refractivity contribution in [3.8, 4) is 0 Å². The zero-order valence-electron chi connectivity index (χ0n) is 17.3. The predicted octanol–water partition coefficient (Wildman–Crippen LogP) is 3.85. The molecular formula is C21H29NO6S. The summed E-state index contributed by atoms with van der Waals surface area (Å²) in [6.45, 7) is 9.59. The summed E-state index contributed by atoms with van der Waals surface area (Å²) in [6, 6.07) is 6.45. The Morgan fingerprint density at radius 3 is 1.76 bits per heavy atom. The van der Waals surface area contributed by atoms with E-state index < -0.39 is 14.7 Å². The van der Waals surface area contributed by atoms with Gasteiger partial charge >= 0.3 is 16.8 Å². The Kier molecular flexibility index (Phi) is 9.83. The number of esters is 2. The summed E-state index contributed by atoms with van der Waals surface area (Å²) < 4.78 is 36.0. The number of aryl methyl sites for hydroxylation is 1. The van der Waals surface area contributed by atoms with Crippen molar-refractivity contribution in [1.29, 1.82) is 0 Å². The first-order chi connectivity index (χ1) is 13.7. The van der Waals surface area contributed by atoms with Gasteiger partial charge < -0.3 is 9.47 Å². The van der Waals surface area contributed by atoms with Gasteiger partial charge in [-0.05, 0) is 44.7 Å². The van der Waals surface area contributed by atoms with Gasteiger partial charge in [-0.15, -0.1) is 0 Å².